The molecule has 0 saturated carbocycles. The van der Waals surface area contributed by atoms with E-state index in [4.69, 9.17) is 4.74 Å². The Bertz CT molecular complexity index is 147. The monoisotopic (exact) mass is 208 g/mol. The van der Waals surface area contributed by atoms with Crippen molar-refractivity contribution in [1.82, 2.24) is 10.2 Å². The van der Waals surface area contributed by atoms with Gasteiger partial charge in [-0.3, -0.25) is 0 Å². The molecule has 0 aromatic rings. The van der Waals surface area contributed by atoms with Crippen molar-refractivity contribution in [3.05, 3.63) is 0 Å². The summed E-state index contributed by atoms with van der Waals surface area (Å²) in [5.74, 6) is 0. The van der Waals surface area contributed by atoms with Crippen LogP contribution in [0.3, 0.4) is 0 Å². The van der Waals surface area contributed by atoms with Gasteiger partial charge in [0.05, 0.1) is 6.61 Å². The molecule has 1 N–H and O–H groups in total. The van der Waals surface area contributed by atoms with E-state index in [-0.39, 0.29) is 18.5 Å². The second-order valence-corrected chi connectivity index (χ2v) is 2.79. The number of amides is 1. The molecular weight excluding hydrogens is 192 g/mol. The molecule has 0 radical (unpaired) electrons. The molecule has 0 aromatic carbocycles. The summed E-state index contributed by atoms with van der Waals surface area (Å²) in [7, 11) is 0. The van der Waals surface area contributed by atoms with Gasteiger partial charge in [-0.2, -0.15) is 0 Å². The first-order chi connectivity index (χ1) is 5.84. The Hall–Kier alpha value is -0.480. The number of nitrogens with one attached hydrogen (secondary N) is 1. The van der Waals surface area contributed by atoms with Crippen molar-refractivity contribution in [3.63, 3.8) is 0 Å². The average Bonchev–Trinajstić information content (AvgIpc) is 2.32. The Kier molecular flexibility index (Phi) is 6.72. The van der Waals surface area contributed by atoms with Gasteiger partial charge in [-0.05, 0) is 19.9 Å². The minimum Gasteiger partial charge on any atom is -0.450 e. The number of halogens is 1. The van der Waals surface area contributed by atoms with Crippen molar-refractivity contribution in [2.75, 3.05) is 32.8 Å². The van der Waals surface area contributed by atoms with Gasteiger partial charge in [-0.15, -0.1) is 12.4 Å². The first-order valence-corrected chi connectivity index (χ1v) is 4.47. The smallest absolute Gasteiger partial charge is 0.409 e. The van der Waals surface area contributed by atoms with E-state index in [2.05, 4.69) is 5.32 Å². The van der Waals surface area contributed by atoms with Crippen LogP contribution in [0.2, 0.25) is 0 Å². The second-order valence-electron chi connectivity index (χ2n) is 2.79. The maximum atomic E-state index is 11.2. The zero-order chi connectivity index (χ0) is 8.81. The van der Waals surface area contributed by atoms with Gasteiger partial charge in [0.15, 0.2) is 0 Å². The van der Waals surface area contributed by atoms with Gasteiger partial charge in [0, 0.05) is 19.6 Å². The van der Waals surface area contributed by atoms with Crippen molar-refractivity contribution >= 4 is 18.5 Å². The molecule has 5 heteroatoms. The molecule has 0 unspecified atom stereocenters. The number of rotatable bonds is 1. The van der Waals surface area contributed by atoms with Crippen LogP contribution in [0.15, 0.2) is 0 Å². The van der Waals surface area contributed by atoms with Crippen LogP contribution in [0.4, 0.5) is 4.79 Å². The third-order valence-electron chi connectivity index (χ3n) is 1.87. The molecule has 0 aromatic heterocycles. The molecule has 0 spiro atoms. The van der Waals surface area contributed by atoms with Crippen LogP contribution in [0, 0.1) is 0 Å². The minimum absolute atomic E-state index is 0. The summed E-state index contributed by atoms with van der Waals surface area (Å²) in [5, 5.41) is 3.22. The second kappa shape index (κ2) is 6.97. The normalized spacial score (nSPS) is 17.2. The van der Waals surface area contributed by atoms with Crippen LogP contribution >= 0.6 is 12.4 Å². The quantitative estimate of drug-likeness (QED) is 0.695. The SMILES string of the molecule is CCOC(=O)N1CCCNCC1.Cl. The van der Waals surface area contributed by atoms with E-state index in [9.17, 15) is 4.79 Å². The first kappa shape index (κ1) is 12.5. The van der Waals surface area contributed by atoms with Crippen LogP contribution in [0.5, 0.6) is 0 Å². The summed E-state index contributed by atoms with van der Waals surface area (Å²) in [6.07, 6.45) is 0.833. The van der Waals surface area contributed by atoms with Gasteiger partial charge in [0.2, 0.25) is 0 Å². The number of hydrogen-bond donors (Lipinski definition) is 1. The van der Waals surface area contributed by atoms with E-state index in [0.29, 0.717) is 6.61 Å². The fourth-order valence-electron chi connectivity index (χ4n) is 1.24. The maximum absolute atomic E-state index is 11.2. The number of hydrogen-bond acceptors (Lipinski definition) is 3. The molecule has 13 heavy (non-hydrogen) atoms. The predicted octanol–water partition coefficient (Wildman–Crippen LogP) is 0.860. The lowest BCUT2D eigenvalue weighted by Crippen LogP contribution is -2.34. The molecule has 1 aliphatic heterocycles. The van der Waals surface area contributed by atoms with Gasteiger partial charge in [0.25, 0.3) is 0 Å². The Morgan fingerprint density at radius 2 is 2.23 bits per heavy atom. The molecule has 1 fully saturated rings. The third-order valence-corrected chi connectivity index (χ3v) is 1.87. The topological polar surface area (TPSA) is 41.6 Å². The molecule has 78 valence electrons. The molecule has 1 heterocycles. The summed E-state index contributed by atoms with van der Waals surface area (Å²) in [6.45, 7) is 5.73. The number of nitrogens with zero attached hydrogens (tertiary/aromatic N) is 1. The molecule has 1 rings (SSSR count). The predicted molar refractivity (Wildman–Crippen MR) is 53.3 cm³/mol. The Morgan fingerprint density at radius 3 is 2.92 bits per heavy atom. The lowest BCUT2D eigenvalue weighted by atomic mass is 10.4. The Morgan fingerprint density at radius 1 is 1.46 bits per heavy atom. The summed E-state index contributed by atoms with van der Waals surface area (Å²) >= 11 is 0. The Labute approximate surface area is 85.0 Å². The zero-order valence-electron chi connectivity index (χ0n) is 7.91. The van der Waals surface area contributed by atoms with Crippen molar-refractivity contribution < 1.29 is 9.53 Å². The van der Waals surface area contributed by atoms with E-state index < -0.39 is 0 Å². The highest BCUT2D eigenvalue weighted by Crippen LogP contribution is 1.98. The fourth-order valence-corrected chi connectivity index (χ4v) is 1.24. The van der Waals surface area contributed by atoms with Gasteiger partial charge in [-0.1, -0.05) is 0 Å². The summed E-state index contributed by atoms with van der Waals surface area (Å²) in [6, 6.07) is 0. The summed E-state index contributed by atoms with van der Waals surface area (Å²) in [5.41, 5.74) is 0. The van der Waals surface area contributed by atoms with Gasteiger partial charge in [-0.25, -0.2) is 4.79 Å². The zero-order valence-corrected chi connectivity index (χ0v) is 8.73. The maximum Gasteiger partial charge on any atom is 0.409 e. The number of carbonyl (C=O) groups is 1. The molecule has 1 aliphatic rings. The van der Waals surface area contributed by atoms with E-state index in [0.717, 1.165) is 32.6 Å². The molecular formula is C8H17ClN2O2. The number of ether oxygens (including phenoxy) is 1. The van der Waals surface area contributed by atoms with Crippen LogP contribution in [-0.4, -0.2) is 43.8 Å². The van der Waals surface area contributed by atoms with Crippen LogP contribution in [0.25, 0.3) is 0 Å². The highest BCUT2D eigenvalue weighted by molar-refractivity contribution is 5.85. The molecule has 1 saturated heterocycles. The van der Waals surface area contributed by atoms with Crippen molar-refractivity contribution in [2.24, 2.45) is 0 Å². The third kappa shape index (κ3) is 4.33. The van der Waals surface area contributed by atoms with E-state index in [1.807, 2.05) is 6.92 Å². The van der Waals surface area contributed by atoms with Gasteiger partial charge in [0.1, 0.15) is 0 Å². The fraction of sp³-hybridized carbons (Fsp3) is 0.875. The Balaban J connectivity index is 0.00000144. The van der Waals surface area contributed by atoms with Crippen LogP contribution in [0.1, 0.15) is 13.3 Å². The van der Waals surface area contributed by atoms with Crippen LogP contribution in [-0.2, 0) is 4.74 Å². The highest BCUT2D eigenvalue weighted by atomic mass is 35.5. The standard InChI is InChI=1S/C8H16N2O2.ClH/c1-2-12-8(11)10-6-3-4-9-5-7-10;/h9H,2-7H2,1H3;1H. The van der Waals surface area contributed by atoms with Gasteiger partial charge >= 0.3 is 6.09 Å². The molecule has 0 aliphatic carbocycles. The van der Waals surface area contributed by atoms with E-state index >= 15 is 0 Å². The average molecular weight is 209 g/mol. The van der Waals surface area contributed by atoms with Crippen molar-refractivity contribution in [3.8, 4) is 0 Å². The molecule has 4 nitrogen and oxygen atoms in total. The first-order valence-electron chi connectivity index (χ1n) is 4.47. The van der Waals surface area contributed by atoms with E-state index in [1.165, 1.54) is 0 Å². The van der Waals surface area contributed by atoms with Crippen molar-refractivity contribution in [2.45, 2.75) is 13.3 Å². The summed E-state index contributed by atoms with van der Waals surface area (Å²) in [4.78, 5) is 13.0. The lowest BCUT2D eigenvalue weighted by Gasteiger charge is -2.18. The number of carbonyl (C=O) groups excluding carboxylic acids is 1. The lowest BCUT2D eigenvalue weighted by molar-refractivity contribution is 0.109. The van der Waals surface area contributed by atoms with Crippen LogP contribution < -0.4 is 5.32 Å². The molecule has 0 atom stereocenters. The highest BCUT2D eigenvalue weighted by Gasteiger charge is 2.15. The molecule has 1 amide bonds. The minimum atomic E-state index is -0.179. The van der Waals surface area contributed by atoms with Gasteiger partial charge < -0.3 is 15.0 Å². The molecule has 0 bridgehead atoms. The summed E-state index contributed by atoms with van der Waals surface area (Å²) < 4.78 is 4.90. The largest absolute Gasteiger partial charge is 0.450 e. The van der Waals surface area contributed by atoms with E-state index in [1.54, 1.807) is 4.90 Å². The van der Waals surface area contributed by atoms with Crippen molar-refractivity contribution in [1.29, 1.82) is 0 Å².